The maximum absolute atomic E-state index is 11.8. The van der Waals surface area contributed by atoms with E-state index in [1.807, 2.05) is 0 Å². The third-order valence-electron chi connectivity index (χ3n) is 4.30. The Bertz CT molecular complexity index is 597. The van der Waals surface area contributed by atoms with Crippen molar-refractivity contribution >= 4 is 17.5 Å². The number of anilines is 1. The van der Waals surface area contributed by atoms with E-state index in [4.69, 9.17) is 0 Å². The standard InChI is InChI=1S/C16H18N2O3/c19-14-4-2-1-3-13(14)18-16(21)15(20)17-9-12-8-10-5-6-11(12)7-10/h1-6,10-12,19H,7-9H2,(H,17,20)(H,18,21)/t10-,11-,12+/m0/s1. The number of hydrogen-bond acceptors (Lipinski definition) is 3. The van der Waals surface area contributed by atoms with Crippen LogP contribution in [-0.4, -0.2) is 23.5 Å². The summed E-state index contributed by atoms with van der Waals surface area (Å²) in [7, 11) is 0. The molecule has 0 spiro atoms. The van der Waals surface area contributed by atoms with Crippen LogP contribution in [0.2, 0.25) is 0 Å². The Morgan fingerprint density at radius 1 is 1.14 bits per heavy atom. The summed E-state index contributed by atoms with van der Waals surface area (Å²) in [4.78, 5) is 23.6. The fourth-order valence-corrected chi connectivity index (χ4v) is 3.19. The number of aromatic hydroxyl groups is 1. The van der Waals surface area contributed by atoms with E-state index in [0.717, 1.165) is 6.42 Å². The second kappa shape index (κ2) is 5.60. The van der Waals surface area contributed by atoms with Crippen LogP contribution in [0.1, 0.15) is 12.8 Å². The van der Waals surface area contributed by atoms with Crippen LogP contribution in [0.5, 0.6) is 5.75 Å². The van der Waals surface area contributed by atoms with Crippen LogP contribution < -0.4 is 10.6 Å². The highest BCUT2D eigenvalue weighted by atomic mass is 16.3. The van der Waals surface area contributed by atoms with Crippen LogP contribution in [0.15, 0.2) is 36.4 Å². The lowest BCUT2D eigenvalue weighted by atomic mass is 9.94. The predicted octanol–water partition coefficient (Wildman–Crippen LogP) is 1.66. The van der Waals surface area contributed by atoms with E-state index in [1.165, 1.54) is 12.5 Å². The lowest BCUT2D eigenvalue weighted by Crippen LogP contribution is -2.38. The number of phenolic OH excluding ortho intramolecular Hbond substituents is 1. The zero-order valence-electron chi connectivity index (χ0n) is 11.6. The third kappa shape index (κ3) is 2.91. The zero-order chi connectivity index (χ0) is 14.8. The molecule has 21 heavy (non-hydrogen) atoms. The molecule has 0 heterocycles. The second-order valence-corrected chi connectivity index (χ2v) is 5.72. The first-order valence-electron chi connectivity index (χ1n) is 7.19. The predicted molar refractivity (Wildman–Crippen MR) is 78.6 cm³/mol. The molecule has 0 aromatic heterocycles. The number of hydrogen-bond donors (Lipinski definition) is 3. The van der Waals surface area contributed by atoms with Gasteiger partial charge in [0, 0.05) is 6.54 Å². The van der Waals surface area contributed by atoms with E-state index < -0.39 is 11.8 Å². The Morgan fingerprint density at radius 3 is 2.62 bits per heavy atom. The molecule has 3 rings (SSSR count). The maximum Gasteiger partial charge on any atom is 0.313 e. The SMILES string of the molecule is O=C(NC[C@H]1C[C@H]2C=C[C@H]1C2)C(=O)Nc1ccccc1O. The molecule has 2 amide bonds. The number of carbonyl (C=O) groups excluding carboxylic acids is 2. The largest absolute Gasteiger partial charge is 0.506 e. The lowest BCUT2D eigenvalue weighted by molar-refractivity contribution is -0.136. The van der Waals surface area contributed by atoms with Crippen molar-refractivity contribution in [3.05, 3.63) is 36.4 Å². The zero-order valence-corrected chi connectivity index (χ0v) is 11.6. The molecule has 2 bridgehead atoms. The molecule has 0 saturated heterocycles. The van der Waals surface area contributed by atoms with Gasteiger partial charge in [-0.3, -0.25) is 9.59 Å². The van der Waals surface area contributed by atoms with Crippen molar-refractivity contribution in [1.82, 2.24) is 5.32 Å². The Kier molecular flexibility index (Phi) is 3.64. The van der Waals surface area contributed by atoms with Gasteiger partial charge in [0.05, 0.1) is 5.69 Å². The number of nitrogens with one attached hydrogen (secondary N) is 2. The molecule has 5 heteroatoms. The molecule has 1 saturated carbocycles. The van der Waals surface area contributed by atoms with Crippen LogP contribution in [0.3, 0.4) is 0 Å². The van der Waals surface area contributed by atoms with E-state index in [2.05, 4.69) is 22.8 Å². The van der Waals surface area contributed by atoms with Gasteiger partial charge in [-0.05, 0) is 42.7 Å². The summed E-state index contributed by atoms with van der Waals surface area (Å²) in [6.07, 6.45) is 6.72. The number of rotatable bonds is 3. The highest BCUT2D eigenvalue weighted by Crippen LogP contribution is 2.42. The molecule has 3 N–H and O–H groups in total. The summed E-state index contributed by atoms with van der Waals surface area (Å²) in [5, 5.41) is 14.6. The molecule has 1 aromatic carbocycles. The Hall–Kier alpha value is -2.30. The van der Waals surface area contributed by atoms with Crippen LogP contribution in [0.4, 0.5) is 5.69 Å². The molecule has 0 radical (unpaired) electrons. The maximum atomic E-state index is 11.8. The molecule has 2 aliphatic rings. The average Bonchev–Trinajstić information content (AvgIpc) is 3.09. The fourth-order valence-electron chi connectivity index (χ4n) is 3.19. The average molecular weight is 286 g/mol. The lowest BCUT2D eigenvalue weighted by Gasteiger charge is -2.18. The summed E-state index contributed by atoms with van der Waals surface area (Å²) < 4.78 is 0. The van der Waals surface area contributed by atoms with Gasteiger partial charge in [-0.2, -0.15) is 0 Å². The molecule has 0 unspecified atom stereocenters. The van der Waals surface area contributed by atoms with Crippen molar-refractivity contribution in [2.75, 3.05) is 11.9 Å². The van der Waals surface area contributed by atoms with E-state index in [0.29, 0.717) is 24.3 Å². The minimum Gasteiger partial charge on any atom is -0.506 e. The van der Waals surface area contributed by atoms with Crippen molar-refractivity contribution in [1.29, 1.82) is 0 Å². The number of amides is 2. The molecular formula is C16H18N2O3. The van der Waals surface area contributed by atoms with Gasteiger partial charge in [0.2, 0.25) is 0 Å². The van der Waals surface area contributed by atoms with Gasteiger partial charge in [0.25, 0.3) is 0 Å². The van der Waals surface area contributed by atoms with Crippen molar-refractivity contribution < 1.29 is 14.7 Å². The normalized spacial score (nSPS) is 25.8. The molecule has 5 nitrogen and oxygen atoms in total. The molecule has 1 fully saturated rings. The number of carbonyl (C=O) groups is 2. The highest BCUT2D eigenvalue weighted by Gasteiger charge is 2.35. The number of phenols is 1. The van der Waals surface area contributed by atoms with Crippen LogP contribution in [0, 0.1) is 17.8 Å². The van der Waals surface area contributed by atoms with Gasteiger partial charge >= 0.3 is 11.8 Å². The first-order chi connectivity index (χ1) is 10.1. The minimum atomic E-state index is -0.754. The number of para-hydroxylation sites is 2. The molecule has 1 aromatic rings. The van der Waals surface area contributed by atoms with E-state index >= 15 is 0 Å². The summed E-state index contributed by atoms with van der Waals surface area (Å²) in [5.41, 5.74) is 0.237. The van der Waals surface area contributed by atoms with Crippen LogP contribution >= 0.6 is 0 Å². The van der Waals surface area contributed by atoms with Gasteiger partial charge in [-0.15, -0.1) is 0 Å². The van der Waals surface area contributed by atoms with Gasteiger partial charge < -0.3 is 15.7 Å². The van der Waals surface area contributed by atoms with Crippen molar-refractivity contribution in [3.8, 4) is 5.75 Å². The first kappa shape index (κ1) is 13.7. The summed E-state index contributed by atoms with van der Waals surface area (Å²) in [6, 6.07) is 6.32. The van der Waals surface area contributed by atoms with Crippen LogP contribution in [-0.2, 0) is 9.59 Å². The Labute approximate surface area is 123 Å². The van der Waals surface area contributed by atoms with Gasteiger partial charge in [0.15, 0.2) is 0 Å². The number of allylic oxidation sites excluding steroid dienone is 2. The highest BCUT2D eigenvalue weighted by molar-refractivity contribution is 6.39. The topological polar surface area (TPSA) is 78.4 Å². The molecule has 2 aliphatic carbocycles. The molecular weight excluding hydrogens is 268 g/mol. The number of benzene rings is 1. The first-order valence-corrected chi connectivity index (χ1v) is 7.19. The van der Waals surface area contributed by atoms with E-state index in [1.54, 1.807) is 18.2 Å². The van der Waals surface area contributed by atoms with Gasteiger partial charge in [-0.25, -0.2) is 0 Å². The van der Waals surface area contributed by atoms with E-state index in [-0.39, 0.29) is 11.4 Å². The minimum absolute atomic E-state index is 0.0584. The summed E-state index contributed by atoms with van der Waals surface area (Å²) >= 11 is 0. The fraction of sp³-hybridized carbons (Fsp3) is 0.375. The second-order valence-electron chi connectivity index (χ2n) is 5.72. The van der Waals surface area contributed by atoms with E-state index in [9.17, 15) is 14.7 Å². The van der Waals surface area contributed by atoms with Crippen LogP contribution in [0.25, 0.3) is 0 Å². The van der Waals surface area contributed by atoms with Crippen molar-refractivity contribution in [2.24, 2.45) is 17.8 Å². The molecule has 110 valence electrons. The third-order valence-corrected chi connectivity index (χ3v) is 4.30. The quantitative estimate of drug-likeness (QED) is 0.449. The van der Waals surface area contributed by atoms with Crippen molar-refractivity contribution in [2.45, 2.75) is 12.8 Å². The van der Waals surface area contributed by atoms with Gasteiger partial charge in [-0.1, -0.05) is 24.3 Å². The Balaban J connectivity index is 1.50. The molecule has 0 aliphatic heterocycles. The number of fused-ring (bicyclic) bond motifs is 2. The monoisotopic (exact) mass is 286 g/mol. The van der Waals surface area contributed by atoms with Gasteiger partial charge in [0.1, 0.15) is 5.75 Å². The smallest absolute Gasteiger partial charge is 0.313 e. The summed E-state index contributed by atoms with van der Waals surface area (Å²) in [5.74, 6) is 0.141. The summed E-state index contributed by atoms with van der Waals surface area (Å²) in [6.45, 7) is 0.526. The van der Waals surface area contributed by atoms with Crippen molar-refractivity contribution in [3.63, 3.8) is 0 Å². The Morgan fingerprint density at radius 2 is 1.95 bits per heavy atom. The molecule has 3 atom stereocenters.